The molecule has 0 spiro atoms. The van der Waals surface area contributed by atoms with Crippen LogP contribution in [0.4, 0.5) is 14.7 Å². The van der Waals surface area contributed by atoms with Gasteiger partial charge in [0.05, 0.1) is 10.9 Å². The summed E-state index contributed by atoms with van der Waals surface area (Å²) < 4.78 is 58.8. The Kier molecular flexibility index (Phi) is 5.56. The molecule has 0 bridgehead atoms. The van der Waals surface area contributed by atoms with Gasteiger partial charge in [0.1, 0.15) is 11.6 Å². The van der Waals surface area contributed by atoms with Gasteiger partial charge < -0.3 is 9.73 Å². The van der Waals surface area contributed by atoms with Crippen LogP contribution in [-0.2, 0) is 9.84 Å². The zero-order valence-electron chi connectivity index (χ0n) is 16.4. The van der Waals surface area contributed by atoms with Crippen LogP contribution in [0.5, 0.6) is 0 Å². The summed E-state index contributed by atoms with van der Waals surface area (Å²) >= 11 is 0. The van der Waals surface area contributed by atoms with Gasteiger partial charge in [-0.3, -0.25) is 0 Å². The molecule has 0 radical (unpaired) electrons. The number of nitrogens with zero attached hydrogens (tertiary/aromatic N) is 1. The average molecular weight is 440 g/mol. The van der Waals surface area contributed by atoms with Crippen LogP contribution < -0.4 is 5.32 Å². The van der Waals surface area contributed by atoms with Crippen LogP contribution in [0.3, 0.4) is 0 Å². The number of rotatable bonds is 6. The number of sulfone groups is 1. The second kappa shape index (κ2) is 8.31. The molecule has 0 saturated heterocycles. The molecule has 1 aromatic heterocycles. The summed E-state index contributed by atoms with van der Waals surface area (Å²) in [5, 5.41) is 2.73. The number of anilines is 1. The van der Waals surface area contributed by atoms with E-state index in [2.05, 4.69) is 10.3 Å². The molecular formula is C23H18F2N2O3S. The molecule has 1 N–H and O–H groups in total. The highest BCUT2D eigenvalue weighted by molar-refractivity contribution is 7.91. The van der Waals surface area contributed by atoms with E-state index in [1.54, 1.807) is 0 Å². The lowest BCUT2D eigenvalue weighted by molar-refractivity contribution is 0.570. The Hall–Kier alpha value is -3.52. The van der Waals surface area contributed by atoms with Gasteiger partial charge in [0.15, 0.2) is 0 Å². The van der Waals surface area contributed by atoms with Crippen LogP contribution in [0.2, 0.25) is 0 Å². The molecule has 4 aromatic rings. The van der Waals surface area contributed by atoms with Crippen LogP contribution in [0.15, 0.2) is 93.2 Å². The molecule has 0 aliphatic heterocycles. The first-order valence-electron chi connectivity index (χ1n) is 9.43. The van der Waals surface area contributed by atoms with Crippen molar-refractivity contribution in [2.24, 2.45) is 0 Å². The molecule has 8 heteroatoms. The first kappa shape index (κ1) is 20.7. The fourth-order valence-electron chi connectivity index (χ4n) is 3.04. The molecule has 0 saturated carbocycles. The Morgan fingerprint density at radius 1 is 0.871 bits per heavy atom. The molecule has 0 fully saturated rings. The van der Waals surface area contributed by atoms with Crippen molar-refractivity contribution in [2.75, 3.05) is 5.32 Å². The summed E-state index contributed by atoms with van der Waals surface area (Å²) in [6, 6.07) is 18.9. The van der Waals surface area contributed by atoms with Crippen molar-refractivity contribution in [1.82, 2.24) is 4.98 Å². The van der Waals surface area contributed by atoms with Crippen LogP contribution in [0.25, 0.3) is 11.5 Å². The molecule has 0 aliphatic carbocycles. The maximum absolute atomic E-state index is 13.3. The maximum Gasteiger partial charge on any atom is 0.234 e. The van der Waals surface area contributed by atoms with Gasteiger partial charge in [-0.15, -0.1) is 0 Å². The van der Waals surface area contributed by atoms with Gasteiger partial charge in [-0.2, -0.15) is 4.98 Å². The molecule has 0 amide bonds. The zero-order chi connectivity index (χ0) is 22.0. The van der Waals surface area contributed by atoms with Crippen molar-refractivity contribution in [3.63, 3.8) is 0 Å². The van der Waals surface area contributed by atoms with Crippen LogP contribution in [0.1, 0.15) is 18.5 Å². The summed E-state index contributed by atoms with van der Waals surface area (Å²) in [4.78, 5) is 4.07. The van der Waals surface area contributed by atoms with Crippen molar-refractivity contribution < 1.29 is 21.6 Å². The van der Waals surface area contributed by atoms with Crippen molar-refractivity contribution in [1.29, 1.82) is 0 Å². The van der Waals surface area contributed by atoms with E-state index in [9.17, 15) is 17.2 Å². The summed E-state index contributed by atoms with van der Waals surface area (Å²) in [5.41, 5.74) is 1.32. The normalized spacial score (nSPS) is 12.5. The molecule has 1 heterocycles. The molecule has 0 aliphatic rings. The lowest BCUT2D eigenvalue weighted by Gasteiger charge is -2.14. The van der Waals surface area contributed by atoms with Gasteiger partial charge in [-0.1, -0.05) is 30.3 Å². The van der Waals surface area contributed by atoms with E-state index in [1.807, 2.05) is 37.3 Å². The van der Waals surface area contributed by atoms with Crippen LogP contribution in [-0.4, -0.2) is 13.4 Å². The minimum Gasteiger partial charge on any atom is -0.419 e. The minimum atomic E-state index is -4.12. The molecular weight excluding hydrogens is 422 g/mol. The lowest BCUT2D eigenvalue weighted by Crippen LogP contribution is -2.10. The highest BCUT2D eigenvalue weighted by Gasteiger charge is 2.29. The largest absolute Gasteiger partial charge is 0.419 e. The number of nitrogens with one attached hydrogen (secondary N) is 1. The molecule has 31 heavy (non-hydrogen) atoms. The quantitative estimate of drug-likeness (QED) is 0.394. The molecule has 158 valence electrons. The zero-order valence-corrected chi connectivity index (χ0v) is 17.2. The average Bonchev–Trinajstić information content (AvgIpc) is 3.20. The standard InChI is InChI=1S/C23H18F2N2O3S/c1-15(16-5-3-2-4-6-16)26-22-23(31(28,29)20-13-11-19(25)12-14-20)27-21(30-22)17-7-9-18(24)10-8-17/h2-15,26H,1H3. The summed E-state index contributed by atoms with van der Waals surface area (Å²) in [6.07, 6.45) is 0. The third-order valence-corrected chi connectivity index (χ3v) is 6.39. The number of hydrogen-bond donors (Lipinski definition) is 1. The van der Waals surface area contributed by atoms with E-state index < -0.39 is 21.5 Å². The molecule has 1 atom stereocenters. The van der Waals surface area contributed by atoms with E-state index in [4.69, 9.17) is 4.42 Å². The van der Waals surface area contributed by atoms with Crippen molar-refractivity contribution >= 4 is 15.7 Å². The fraction of sp³-hybridized carbons (Fsp3) is 0.0870. The Labute approximate surface area is 178 Å². The highest BCUT2D eigenvalue weighted by Crippen LogP contribution is 2.34. The Morgan fingerprint density at radius 2 is 1.45 bits per heavy atom. The molecule has 4 rings (SSSR count). The highest BCUT2D eigenvalue weighted by atomic mass is 32.2. The van der Waals surface area contributed by atoms with Gasteiger partial charge >= 0.3 is 0 Å². The summed E-state index contributed by atoms with van der Waals surface area (Å²) in [5.74, 6) is -1.03. The second-order valence-electron chi connectivity index (χ2n) is 6.89. The Balaban J connectivity index is 1.80. The second-order valence-corrected chi connectivity index (χ2v) is 8.76. The minimum absolute atomic E-state index is 0.0171. The predicted molar refractivity (Wildman–Crippen MR) is 112 cm³/mol. The third-order valence-electron chi connectivity index (χ3n) is 4.71. The van der Waals surface area contributed by atoms with Crippen molar-refractivity contribution in [3.8, 4) is 11.5 Å². The topological polar surface area (TPSA) is 72.2 Å². The summed E-state index contributed by atoms with van der Waals surface area (Å²) in [6.45, 7) is 1.85. The van der Waals surface area contributed by atoms with Crippen LogP contribution in [0, 0.1) is 11.6 Å². The van der Waals surface area contributed by atoms with Gasteiger partial charge in [0.2, 0.25) is 26.6 Å². The van der Waals surface area contributed by atoms with E-state index >= 15 is 0 Å². The fourth-order valence-corrected chi connectivity index (χ4v) is 4.31. The lowest BCUT2D eigenvalue weighted by atomic mass is 10.1. The summed E-state index contributed by atoms with van der Waals surface area (Å²) in [7, 11) is -4.12. The first-order chi connectivity index (χ1) is 14.8. The monoisotopic (exact) mass is 440 g/mol. The van der Waals surface area contributed by atoms with Crippen LogP contribution >= 0.6 is 0 Å². The van der Waals surface area contributed by atoms with Crippen molar-refractivity contribution in [3.05, 3.63) is 96.1 Å². The van der Waals surface area contributed by atoms with Gasteiger partial charge in [-0.05, 0) is 61.0 Å². The number of hydrogen-bond acceptors (Lipinski definition) is 5. The maximum atomic E-state index is 13.3. The number of oxazole rings is 1. The molecule has 5 nitrogen and oxygen atoms in total. The SMILES string of the molecule is CC(Nc1oc(-c2ccc(F)cc2)nc1S(=O)(=O)c1ccc(F)cc1)c1ccccc1. The van der Waals surface area contributed by atoms with E-state index in [0.717, 1.165) is 17.7 Å². The van der Waals surface area contributed by atoms with Gasteiger partial charge in [0, 0.05) is 5.56 Å². The molecule has 1 unspecified atom stereocenters. The van der Waals surface area contributed by atoms with Gasteiger partial charge in [-0.25, -0.2) is 17.2 Å². The van der Waals surface area contributed by atoms with Crippen molar-refractivity contribution in [2.45, 2.75) is 22.9 Å². The Morgan fingerprint density at radius 3 is 2.06 bits per heavy atom. The van der Waals surface area contributed by atoms with E-state index in [-0.39, 0.29) is 27.7 Å². The Bertz CT molecular complexity index is 1290. The smallest absolute Gasteiger partial charge is 0.234 e. The number of halogens is 2. The number of aromatic nitrogens is 1. The van der Waals surface area contributed by atoms with Gasteiger partial charge in [0.25, 0.3) is 0 Å². The number of benzene rings is 3. The molecule has 3 aromatic carbocycles. The van der Waals surface area contributed by atoms with E-state index in [1.165, 1.54) is 36.4 Å². The van der Waals surface area contributed by atoms with E-state index in [0.29, 0.717) is 5.56 Å². The third kappa shape index (κ3) is 4.34. The predicted octanol–water partition coefficient (Wildman–Crippen LogP) is 5.63. The first-order valence-corrected chi connectivity index (χ1v) is 10.9.